The molecule has 1 aromatic rings. The van der Waals surface area contributed by atoms with E-state index in [1.807, 2.05) is 30.1 Å². The van der Waals surface area contributed by atoms with Crippen LogP contribution in [-0.2, 0) is 0 Å². The van der Waals surface area contributed by atoms with Crippen LogP contribution in [0.25, 0.3) is 0 Å². The molecule has 1 atom stereocenters. The highest BCUT2D eigenvalue weighted by Crippen LogP contribution is 2.44. The molecule has 1 aliphatic carbocycles. The molecule has 1 saturated heterocycles. The molecule has 1 aromatic heterocycles. The standard InChI is InChI=1S/C16H24N2OS/c1-20-13-16(6-3-7-16)12-18-9-5-15(11-18)19-14-4-2-8-17-10-14/h2,4,8,10,15H,3,5-7,9,11-13H2,1H3/t15-/m0/s1. The van der Waals surface area contributed by atoms with Gasteiger partial charge in [-0.15, -0.1) is 0 Å². The molecule has 110 valence electrons. The lowest BCUT2D eigenvalue weighted by molar-refractivity contribution is 0.0955. The number of hydrogen-bond acceptors (Lipinski definition) is 4. The number of hydrogen-bond donors (Lipinski definition) is 0. The van der Waals surface area contributed by atoms with Crippen molar-refractivity contribution < 1.29 is 4.74 Å². The summed E-state index contributed by atoms with van der Waals surface area (Å²) >= 11 is 2.01. The first-order valence-corrected chi connectivity index (χ1v) is 8.97. The van der Waals surface area contributed by atoms with Crippen LogP contribution in [0.4, 0.5) is 0 Å². The molecule has 0 spiro atoms. The second-order valence-electron chi connectivity index (χ2n) is 6.24. The smallest absolute Gasteiger partial charge is 0.138 e. The third-order valence-corrected chi connectivity index (χ3v) is 5.49. The van der Waals surface area contributed by atoms with E-state index in [9.17, 15) is 0 Å². The molecule has 1 saturated carbocycles. The van der Waals surface area contributed by atoms with Gasteiger partial charge in [-0.1, -0.05) is 6.42 Å². The van der Waals surface area contributed by atoms with Crippen LogP contribution in [0.5, 0.6) is 5.75 Å². The maximum atomic E-state index is 6.02. The lowest BCUT2D eigenvalue weighted by Gasteiger charge is -2.44. The van der Waals surface area contributed by atoms with Crippen LogP contribution in [0, 0.1) is 5.41 Å². The van der Waals surface area contributed by atoms with Crippen molar-refractivity contribution in [1.29, 1.82) is 0 Å². The summed E-state index contributed by atoms with van der Waals surface area (Å²) < 4.78 is 6.02. The highest BCUT2D eigenvalue weighted by atomic mass is 32.2. The molecule has 4 heteroatoms. The number of thioether (sulfide) groups is 1. The highest BCUT2D eigenvalue weighted by molar-refractivity contribution is 7.98. The molecule has 0 radical (unpaired) electrons. The predicted octanol–water partition coefficient (Wildman–Crippen LogP) is 3.07. The van der Waals surface area contributed by atoms with E-state index in [4.69, 9.17) is 4.74 Å². The van der Waals surface area contributed by atoms with Gasteiger partial charge < -0.3 is 4.74 Å². The highest BCUT2D eigenvalue weighted by Gasteiger charge is 2.39. The number of pyridine rings is 1. The molecule has 1 aliphatic heterocycles. The lowest BCUT2D eigenvalue weighted by Crippen LogP contribution is -2.43. The molecular weight excluding hydrogens is 268 g/mol. The monoisotopic (exact) mass is 292 g/mol. The Morgan fingerprint density at radius 2 is 2.40 bits per heavy atom. The molecule has 2 fully saturated rings. The Balaban J connectivity index is 1.49. The van der Waals surface area contributed by atoms with Crippen molar-refractivity contribution in [1.82, 2.24) is 9.88 Å². The van der Waals surface area contributed by atoms with Crippen molar-refractivity contribution in [3.8, 4) is 5.75 Å². The first-order chi connectivity index (χ1) is 9.80. The van der Waals surface area contributed by atoms with E-state index in [2.05, 4.69) is 16.1 Å². The topological polar surface area (TPSA) is 25.4 Å². The average Bonchev–Trinajstić information content (AvgIpc) is 2.85. The van der Waals surface area contributed by atoms with E-state index in [1.165, 1.54) is 38.1 Å². The zero-order valence-corrected chi connectivity index (χ0v) is 13.1. The SMILES string of the molecule is CSCC1(CN2CC[C@H](Oc3cccnc3)C2)CCC1. The summed E-state index contributed by atoms with van der Waals surface area (Å²) in [5.74, 6) is 2.22. The lowest BCUT2D eigenvalue weighted by atomic mass is 9.70. The summed E-state index contributed by atoms with van der Waals surface area (Å²) in [5.41, 5.74) is 0.600. The van der Waals surface area contributed by atoms with Gasteiger partial charge in [-0.05, 0) is 48.8 Å². The molecule has 3 rings (SSSR count). The summed E-state index contributed by atoms with van der Waals surface area (Å²) in [4.78, 5) is 6.72. The molecule has 0 N–H and O–H groups in total. The number of nitrogens with zero attached hydrogens (tertiary/aromatic N) is 2. The molecule has 2 heterocycles. The summed E-state index contributed by atoms with van der Waals surface area (Å²) in [5, 5.41) is 0. The van der Waals surface area contributed by atoms with Crippen LogP contribution >= 0.6 is 11.8 Å². The van der Waals surface area contributed by atoms with Gasteiger partial charge in [0.05, 0.1) is 6.20 Å². The number of rotatable bonds is 6. The minimum absolute atomic E-state index is 0.339. The van der Waals surface area contributed by atoms with Crippen LogP contribution in [0.2, 0.25) is 0 Å². The zero-order valence-electron chi connectivity index (χ0n) is 12.3. The molecule has 0 amide bonds. The van der Waals surface area contributed by atoms with Gasteiger partial charge in [0.2, 0.25) is 0 Å². The van der Waals surface area contributed by atoms with Crippen molar-refractivity contribution in [2.75, 3.05) is 31.6 Å². The fourth-order valence-electron chi connectivity index (χ4n) is 3.45. The van der Waals surface area contributed by atoms with Crippen molar-refractivity contribution in [2.24, 2.45) is 5.41 Å². The third-order valence-electron chi connectivity index (χ3n) is 4.59. The zero-order chi connectivity index (χ0) is 13.8. The molecule has 0 aromatic carbocycles. The van der Waals surface area contributed by atoms with Gasteiger partial charge >= 0.3 is 0 Å². The van der Waals surface area contributed by atoms with Crippen LogP contribution in [0.15, 0.2) is 24.5 Å². The van der Waals surface area contributed by atoms with Crippen molar-refractivity contribution in [3.63, 3.8) is 0 Å². The molecule has 0 bridgehead atoms. The fraction of sp³-hybridized carbons (Fsp3) is 0.688. The van der Waals surface area contributed by atoms with Gasteiger partial charge in [-0.2, -0.15) is 11.8 Å². The minimum atomic E-state index is 0.339. The maximum absolute atomic E-state index is 6.02. The van der Waals surface area contributed by atoms with E-state index in [0.29, 0.717) is 11.5 Å². The van der Waals surface area contributed by atoms with Crippen molar-refractivity contribution >= 4 is 11.8 Å². The van der Waals surface area contributed by atoms with Crippen LogP contribution in [0.1, 0.15) is 25.7 Å². The van der Waals surface area contributed by atoms with E-state index in [1.54, 1.807) is 6.20 Å². The number of ether oxygens (including phenoxy) is 1. The van der Waals surface area contributed by atoms with E-state index in [-0.39, 0.29) is 0 Å². The van der Waals surface area contributed by atoms with Gasteiger partial charge in [-0.3, -0.25) is 9.88 Å². The summed E-state index contributed by atoms with van der Waals surface area (Å²) in [6.45, 7) is 3.52. The number of likely N-dealkylation sites (tertiary alicyclic amines) is 1. The van der Waals surface area contributed by atoms with Crippen molar-refractivity contribution in [2.45, 2.75) is 31.8 Å². The predicted molar refractivity (Wildman–Crippen MR) is 84.4 cm³/mol. The van der Waals surface area contributed by atoms with E-state index >= 15 is 0 Å². The Morgan fingerprint density at radius 3 is 3.05 bits per heavy atom. The second kappa shape index (κ2) is 6.35. The summed E-state index contributed by atoms with van der Waals surface area (Å²) in [7, 11) is 0. The van der Waals surface area contributed by atoms with E-state index < -0.39 is 0 Å². The van der Waals surface area contributed by atoms with Crippen molar-refractivity contribution in [3.05, 3.63) is 24.5 Å². The van der Waals surface area contributed by atoms with Gasteiger partial charge in [0.1, 0.15) is 11.9 Å². The Kier molecular flexibility index (Phi) is 4.51. The average molecular weight is 292 g/mol. The normalized spacial score (nSPS) is 25.4. The summed E-state index contributed by atoms with van der Waals surface area (Å²) in [6.07, 6.45) is 11.6. The Hall–Kier alpha value is -0.740. The quantitative estimate of drug-likeness (QED) is 0.804. The maximum Gasteiger partial charge on any atom is 0.138 e. The molecule has 2 aliphatic rings. The van der Waals surface area contributed by atoms with Gasteiger partial charge in [-0.25, -0.2) is 0 Å². The van der Waals surface area contributed by atoms with Crippen LogP contribution in [0.3, 0.4) is 0 Å². The largest absolute Gasteiger partial charge is 0.487 e. The third kappa shape index (κ3) is 3.29. The molecular formula is C16H24N2OS. The first-order valence-electron chi connectivity index (χ1n) is 7.58. The van der Waals surface area contributed by atoms with Gasteiger partial charge in [0, 0.05) is 25.8 Å². The Bertz CT molecular complexity index is 422. The number of aromatic nitrogens is 1. The van der Waals surface area contributed by atoms with Gasteiger partial charge in [0.15, 0.2) is 0 Å². The Labute approximate surface area is 126 Å². The Morgan fingerprint density at radius 1 is 1.50 bits per heavy atom. The fourth-order valence-corrected chi connectivity index (χ4v) is 4.44. The first kappa shape index (κ1) is 14.2. The molecule has 0 unspecified atom stereocenters. The van der Waals surface area contributed by atoms with E-state index in [0.717, 1.165) is 18.7 Å². The summed E-state index contributed by atoms with van der Waals surface area (Å²) in [6, 6.07) is 3.93. The second-order valence-corrected chi connectivity index (χ2v) is 7.10. The molecule has 20 heavy (non-hydrogen) atoms. The minimum Gasteiger partial charge on any atom is -0.487 e. The van der Waals surface area contributed by atoms with Crippen LogP contribution < -0.4 is 4.74 Å². The van der Waals surface area contributed by atoms with Crippen LogP contribution in [-0.4, -0.2) is 47.6 Å². The van der Waals surface area contributed by atoms with Gasteiger partial charge in [0.25, 0.3) is 0 Å². The molecule has 3 nitrogen and oxygen atoms in total.